The number of hydroxylamine groups is 1. The van der Waals surface area contributed by atoms with Crippen LogP contribution >= 0.6 is 0 Å². The summed E-state index contributed by atoms with van der Waals surface area (Å²) in [5, 5.41) is 0. The maximum Gasteiger partial charge on any atom is 0.0636 e. The first-order valence-electron chi connectivity index (χ1n) is 5.38. The first kappa shape index (κ1) is 10.8. The van der Waals surface area contributed by atoms with Crippen molar-refractivity contribution < 1.29 is 4.84 Å². The number of hydrogen-bond donors (Lipinski definition) is 2. The zero-order valence-electron chi connectivity index (χ0n) is 9.44. The van der Waals surface area contributed by atoms with Crippen molar-refractivity contribution in [3.8, 4) is 0 Å². The van der Waals surface area contributed by atoms with E-state index in [0.717, 1.165) is 30.9 Å². The minimum Gasteiger partial charge on any atom is -0.399 e. The van der Waals surface area contributed by atoms with Crippen molar-refractivity contribution in [2.24, 2.45) is 0 Å². The SMILES string of the molecule is CONC1=CCN(c2ccc(N)cc2)CC1. The van der Waals surface area contributed by atoms with Crippen LogP contribution in [0.1, 0.15) is 6.42 Å². The van der Waals surface area contributed by atoms with Gasteiger partial charge in [-0.25, -0.2) is 0 Å². The maximum atomic E-state index is 5.66. The van der Waals surface area contributed by atoms with Crippen LogP contribution < -0.4 is 16.1 Å². The number of nitrogens with zero attached hydrogens (tertiary/aromatic N) is 1. The van der Waals surface area contributed by atoms with E-state index in [1.54, 1.807) is 7.11 Å². The van der Waals surface area contributed by atoms with Crippen molar-refractivity contribution in [3.63, 3.8) is 0 Å². The van der Waals surface area contributed by atoms with Crippen molar-refractivity contribution in [1.82, 2.24) is 5.48 Å². The second-order valence-corrected chi connectivity index (χ2v) is 3.82. The van der Waals surface area contributed by atoms with Gasteiger partial charge in [0, 0.05) is 36.6 Å². The van der Waals surface area contributed by atoms with Crippen molar-refractivity contribution in [3.05, 3.63) is 36.0 Å². The summed E-state index contributed by atoms with van der Waals surface area (Å²) in [5.74, 6) is 0. The van der Waals surface area contributed by atoms with Gasteiger partial charge in [0.2, 0.25) is 0 Å². The topological polar surface area (TPSA) is 50.5 Å². The van der Waals surface area contributed by atoms with Crippen LogP contribution in [-0.4, -0.2) is 20.2 Å². The standard InChI is InChI=1S/C12H17N3O/c1-16-14-11-6-8-15(9-7-11)12-4-2-10(13)3-5-12/h2-6,14H,7-9,13H2,1H3. The third-order valence-electron chi connectivity index (χ3n) is 2.70. The molecule has 0 fully saturated rings. The Hall–Kier alpha value is -1.68. The van der Waals surface area contributed by atoms with Crippen LogP contribution in [0.25, 0.3) is 0 Å². The second kappa shape index (κ2) is 4.90. The van der Waals surface area contributed by atoms with Gasteiger partial charge in [0.25, 0.3) is 0 Å². The Morgan fingerprint density at radius 2 is 2.06 bits per heavy atom. The molecule has 16 heavy (non-hydrogen) atoms. The number of nitrogens with one attached hydrogen (secondary N) is 1. The second-order valence-electron chi connectivity index (χ2n) is 3.82. The molecule has 86 valence electrons. The normalized spacial score (nSPS) is 15.8. The highest BCUT2D eigenvalue weighted by Crippen LogP contribution is 2.19. The van der Waals surface area contributed by atoms with Crippen LogP contribution in [0, 0.1) is 0 Å². The zero-order chi connectivity index (χ0) is 11.4. The number of nitrogen functional groups attached to an aromatic ring is 1. The highest BCUT2D eigenvalue weighted by atomic mass is 16.6. The molecular formula is C12H17N3O. The lowest BCUT2D eigenvalue weighted by atomic mass is 10.1. The Balaban J connectivity index is 2.01. The van der Waals surface area contributed by atoms with E-state index in [9.17, 15) is 0 Å². The fourth-order valence-electron chi connectivity index (χ4n) is 1.81. The molecule has 2 rings (SSSR count). The Bertz CT molecular complexity index is 372. The fraction of sp³-hybridized carbons (Fsp3) is 0.333. The number of hydrogen-bond acceptors (Lipinski definition) is 4. The molecule has 0 bridgehead atoms. The first-order valence-corrected chi connectivity index (χ1v) is 5.38. The number of anilines is 2. The molecule has 1 heterocycles. The van der Waals surface area contributed by atoms with Crippen molar-refractivity contribution in [2.45, 2.75) is 6.42 Å². The Kier molecular flexibility index (Phi) is 3.31. The van der Waals surface area contributed by atoms with Crippen molar-refractivity contribution >= 4 is 11.4 Å². The van der Waals surface area contributed by atoms with E-state index in [2.05, 4.69) is 28.6 Å². The van der Waals surface area contributed by atoms with Crippen LogP contribution in [0.2, 0.25) is 0 Å². The van der Waals surface area contributed by atoms with Crippen molar-refractivity contribution in [2.75, 3.05) is 30.8 Å². The summed E-state index contributed by atoms with van der Waals surface area (Å²) in [6, 6.07) is 7.97. The lowest BCUT2D eigenvalue weighted by Crippen LogP contribution is -2.31. The van der Waals surface area contributed by atoms with Crippen LogP contribution in [-0.2, 0) is 4.84 Å². The maximum absolute atomic E-state index is 5.66. The molecule has 0 radical (unpaired) electrons. The predicted octanol–water partition coefficient (Wildman–Crippen LogP) is 1.51. The van der Waals surface area contributed by atoms with E-state index < -0.39 is 0 Å². The zero-order valence-corrected chi connectivity index (χ0v) is 9.44. The summed E-state index contributed by atoms with van der Waals surface area (Å²) in [7, 11) is 1.63. The molecule has 4 nitrogen and oxygen atoms in total. The number of rotatable bonds is 3. The fourth-order valence-corrected chi connectivity index (χ4v) is 1.81. The largest absolute Gasteiger partial charge is 0.399 e. The molecule has 0 saturated carbocycles. The lowest BCUT2D eigenvalue weighted by Gasteiger charge is -2.28. The van der Waals surface area contributed by atoms with E-state index in [1.165, 1.54) is 5.69 Å². The molecular weight excluding hydrogens is 202 g/mol. The molecule has 3 N–H and O–H groups in total. The molecule has 0 atom stereocenters. The van der Waals surface area contributed by atoms with Gasteiger partial charge in [-0.1, -0.05) is 0 Å². The van der Waals surface area contributed by atoms with Gasteiger partial charge >= 0.3 is 0 Å². The smallest absolute Gasteiger partial charge is 0.0636 e. The molecule has 0 aliphatic carbocycles. The van der Waals surface area contributed by atoms with Crippen LogP contribution in [0.3, 0.4) is 0 Å². The third kappa shape index (κ3) is 2.46. The van der Waals surface area contributed by atoms with Gasteiger partial charge < -0.3 is 10.6 Å². The first-order chi connectivity index (χ1) is 7.79. The quantitative estimate of drug-likeness (QED) is 0.597. The van der Waals surface area contributed by atoms with Gasteiger partial charge in [-0.05, 0) is 30.3 Å². The molecule has 1 aromatic rings. The van der Waals surface area contributed by atoms with Gasteiger partial charge in [0.05, 0.1) is 7.11 Å². The van der Waals surface area contributed by atoms with Crippen LogP contribution in [0.15, 0.2) is 36.0 Å². The molecule has 0 saturated heterocycles. The summed E-state index contributed by atoms with van der Waals surface area (Å²) in [6.45, 7) is 1.89. The number of nitrogens with two attached hydrogens (primary N) is 1. The molecule has 1 aliphatic rings. The predicted molar refractivity (Wildman–Crippen MR) is 65.9 cm³/mol. The average Bonchev–Trinajstić information content (AvgIpc) is 2.32. The van der Waals surface area contributed by atoms with Crippen molar-refractivity contribution in [1.29, 1.82) is 0 Å². The monoisotopic (exact) mass is 219 g/mol. The van der Waals surface area contributed by atoms with Crippen LogP contribution in [0.5, 0.6) is 0 Å². The minimum atomic E-state index is 0.804. The molecule has 0 spiro atoms. The summed E-state index contributed by atoms with van der Waals surface area (Å²) in [6.07, 6.45) is 3.11. The number of benzene rings is 1. The van der Waals surface area contributed by atoms with Gasteiger partial charge in [-0.15, -0.1) is 0 Å². The molecule has 0 aromatic heterocycles. The van der Waals surface area contributed by atoms with E-state index >= 15 is 0 Å². The highest BCUT2D eigenvalue weighted by Gasteiger charge is 2.11. The van der Waals surface area contributed by atoms with Gasteiger partial charge in [-0.2, -0.15) is 0 Å². The van der Waals surface area contributed by atoms with Gasteiger partial charge in [0.15, 0.2) is 0 Å². The van der Waals surface area contributed by atoms with E-state index in [-0.39, 0.29) is 0 Å². The highest BCUT2D eigenvalue weighted by molar-refractivity contribution is 5.54. The summed E-state index contributed by atoms with van der Waals surface area (Å²) >= 11 is 0. The third-order valence-corrected chi connectivity index (χ3v) is 2.70. The average molecular weight is 219 g/mol. The molecule has 1 aromatic carbocycles. The van der Waals surface area contributed by atoms with Crippen LogP contribution in [0.4, 0.5) is 11.4 Å². The summed E-state index contributed by atoms with van der Waals surface area (Å²) < 4.78 is 0. The van der Waals surface area contributed by atoms with E-state index in [1.807, 2.05) is 12.1 Å². The van der Waals surface area contributed by atoms with E-state index in [0.29, 0.717) is 0 Å². The minimum absolute atomic E-state index is 0.804. The summed E-state index contributed by atoms with van der Waals surface area (Å²) in [5.41, 5.74) is 11.7. The van der Waals surface area contributed by atoms with Gasteiger partial charge in [-0.3, -0.25) is 10.3 Å². The Morgan fingerprint density at radius 3 is 2.62 bits per heavy atom. The van der Waals surface area contributed by atoms with Gasteiger partial charge in [0.1, 0.15) is 0 Å². The molecule has 4 heteroatoms. The molecule has 0 amide bonds. The summed E-state index contributed by atoms with van der Waals surface area (Å²) in [4.78, 5) is 7.19. The Labute approximate surface area is 95.6 Å². The Morgan fingerprint density at radius 1 is 1.31 bits per heavy atom. The van der Waals surface area contributed by atoms with E-state index in [4.69, 9.17) is 10.6 Å². The molecule has 0 unspecified atom stereocenters. The molecule has 1 aliphatic heterocycles. The lowest BCUT2D eigenvalue weighted by molar-refractivity contribution is 0.114.